The fourth-order valence-electron chi connectivity index (χ4n) is 2.79. The Hall–Kier alpha value is -1.00. The quantitative estimate of drug-likeness (QED) is 0.883. The molecule has 19 heavy (non-hydrogen) atoms. The summed E-state index contributed by atoms with van der Waals surface area (Å²) in [5.41, 5.74) is 2.11. The first kappa shape index (κ1) is 14.4. The van der Waals surface area contributed by atoms with Crippen LogP contribution >= 0.6 is 0 Å². The number of rotatable bonds is 5. The second-order valence-electron chi connectivity index (χ2n) is 5.53. The molecule has 106 valence electrons. The van der Waals surface area contributed by atoms with E-state index in [9.17, 15) is 0 Å². The lowest BCUT2D eigenvalue weighted by Crippen LogP contribution is -2.37. The molecule has 1 saturated heterocycles. The topological polar surface area (TPSA) is 41.0 Å². The van der Waals surface area contributed by atoms with Crippen LogP contribution < -0.4 is 5.32 Å². The van der Waals surface area contributed by atoms with Crippen LogP contribution in [0, 0.1) is 12.8 Å². The van der Waals surface area contributed by atoms with Crippen LogP contribution in [0.2, 0.25) is 0 Å². The fourth-order valence-corrected chi connectivity index (χ4v) is 2.79. The number of aryl methyl sites for hydroxylation is 1. The Morgan fingerprint density at radius 2 is 2.00 bits per heavy atom. The molecule has 4 heteroatoms. The predicted octanol–water partition coefficient (Wildman–Crippen LogP) is 2.17. The lowest BCUT2D eigenvalue weighted by molar-refractivity contribution is 0.188. The molecule has 0 radical (unpaired) electrons. The van der Waals surface area contributed by atoms with Gasteiger partial charge in [0, 0.05) is 18.4 Å². The summed E-state index contributed by atoms with van der Waals surface area (Å²) >= 11 is 0. The Balaban J connectivity index is 1.78. The van der Waals surface area contributed by atoms with Gasteiger partial charge >= 0.3 is 0 Å². The summed E-state index contributed by atoms with van der Waals surface area (Å²) in [7, 11) is 0. The molecule has 1 aromatic heterocycles. The predicted molar refractivity (Wildman–Crippen MR) is 78.0 cm³/mol. The van der Waals surface area contributed by atoms with Gasteiger partial charge in [0.05, 0.1) is 11.4 Å². The Bertz CT molecular complexity index is 385. The number of likely N-dealkylation sites (tertiary alicyclic amines) is 1. The van der Waals surface area contributed by atoms with Crippen LogP contribution in [0.5, 0.6) is 0 Å². The van der Waals surface area contributed by atoms with Crippen molar-refractivity contribution in [2.45, 2.75) is 39.7 Å². The van der Waals surface area contributed by atoms with Gasteiger partial charge in [0.1, 0.15) is 0 Å². The Kier molecular flexibility index (Phi) is 5.28. The van der Waals surface area contributed by atoms with Crippen LogP contribution in [-0.2, 0) is 0 Å². The van der Waals surface area contributed by atoms with Crippen molar-refractivity contribution in [1.82, 2.24) is 20.2 Å². The van der Waals surface area contributed by atoms with Gasteiger partial charge in [-0.3, -0.25) is 9.97 Å². The highest BCUT2D eigenvalue weighted by atomic mass is 15.1. The third-order valence-electron chi connectivity index (χ3n) is 4.20. The zero-order valence-corrected chi connectivity index (χ0v) is 12.4. The summed E-state index contributed by atoms with van der Waals surface area (Å²) in [6.07, 6.45) is 6.16. The third kappa shape index (κ3) is 3.98. The van der Waals surface area contributed by atoms with E-state index in [4.69, 9.17) is 0 Å². The van der Waals surface area contributed by atoms with Gasteiger partial charge < -0.3 is 10.2 Å². The van der Waals surface area contributed by atoms with Gasteiger partial charge in [-0.1, -0.05) is 6.92 Å². The van der Waals surface area contributed by atoms with Crippen molar-refractivity contribution in [1.29, 1.82) is 0 Å². The SMILES string of the molecule is CCN1CCC(CNC(C)c2nccnc2C)CC1. The van der Waals surface area contributed by atoms with Crippen molar-refractivity contribution in [3.8, 4) is 0 Å². The van der Waals surface area contributed by atoms with Crippen LogP contribution in [0.3, 0.4) is 0 Å². The number of nitrogens with zero attached hydrogens (tertiary/aromatic N) is 3. The zero-order chi connectivity index (χ0) is 13.7. The molecule has 1 fully saturated rings. The molecule has 4 nitrogen and oxygen atoms in total. The van der Waals surface area contributed by atoms with Gasteiger partial charge in [0.15, 0.2) is 0 Å². The first-order valence-corrected chi connectivity index (χ1v) is 7.44. The van der Waals surface area contributed by atoms with Crippen molar-refractivity contribution in [2.24, 2.45) is 5.92 Å². The van der Waals surface area contributed by atoms with Gasteiger partial charge in [0.2, 0.25) is 0 Å². The summed E-state index contributed by atoms with van der Waals surface area (Å²) in [5, 5.41) is 3.62. The second-order valence-corrected chi connectivity index (χ2v) is 5.53. The molecule has 0 aliphatic carbocycles. The number of nitrogens with one attached hydrogen (secondary N) is 1. The number of hydrogen-bond acceptors (Lipinski definition) is 4. The summed E-state index contributed by atoms with van der Waals surface area (Å²) < 4.78 is 0. The van der Waals surface area contributed by atoms with E-state index in [1.165, 1.54) is 32.5 Å². The smallest absolute Gasteiger partial charge is 0.0782 e. The highest BCUT2D eigenvalue weighted by Crippen LogP contribution is 2.18. The Morgan fingerprint density at radius 3 is 2.63 bits per heavy atom. The van der Waals surface area contributed by atoms with E-state index in [0.717, 1.165) is 23.9 Å². The molecule has 1 N–H and O–H groups in total. The largest absolute Gasteiger partial charge is 0.309 e. The van der Waals surface area contributed by atoms with Crippen molar-refractivity contribution in [2.75, 3.05) is 26.2 Å². The van der Waals surface area contributed by atoms with Gasteiger partial charge in [-0.05, 0) is 58.8 Å². The fraction of sp³-hybridized carbons (Fsp3) is 0.733. The molecule has 1 atom stereocenters. The first-order chi connectivity index (χ1) is 9.20. The van der Waals surface area contributed by atoms with E-state index < -0.39 is 0 Å². The Morgan fingerprint density at radius 1 is 1.32 bits per heavy atom. The first-order valence-electron chi connectivity index (χ1n) is 7.44. The Labute approximate surface area is 116 Å². The minimum Gasteiger partial charge on any atom is -0.309 e. The lowest BCUT2D eigenvalue weighted by atomic mass is 9.96. The normalized spacial score (nSPS) is 19.5. The molecule has 2 heterocycles. The van der Waals surface area contributed by atoms with Crippen LogP contribution in [0.4, 0.5) is 0 Å². The summed E-state index contributed by atoms with van der Waals surface area (Å²) in [4.78, 5) is 11.3. The van der Waals surface area contributed by atoms with Crippen LogP contribution in [0.25, 0.3) is 0 Å². The molecular formula is C15H26N4. The lowest BCUT2D eigenvalue weighted by Gasteiger charge is -2.31. The maximum Gasteiger partial charge on any atom is 0.0782 e. The minimum absolute atomic E-state index is 0.290. The number of hydrogen-bond donors (Lipinski definition) is 1. The molecule has 1 aliphatic heterocycles. The van der Waals surface area contributed by atoms with Gasteiger partial charge in [-0.15, -0.1) is 0 Å². The molecule has 0 spiro atoms. The van der Waals surface area contributed by atoms with E-state index in [1.54, 1.807) is 12.4 Å². The van der Waals surface area contributed by atoms with Gasteiger partial charge in [-0.25, -0.2) is 0 Å². The molecule has 0 aromatic carbocycles. The average molecular weight is 262 g/mol. The van der Waals surface area contributed by atoms with E-state index in [2.05, 4.69) is 34.0 Å². The maximum atomic E-state index is 4.43. The average Bonchev–Trinajstić information content (AvgIpc) is 2.46. The third-order valence-corrected chi connectivity index (χ3v) is 4.20. The van der Waals surface area contributed by atoms with Crippen molar-refractivity contribution < 1.29 is 0 Å². The number of piperidine rings is 1. The summed E-state index contributed by atoms with van der Waals surface area (Å²) in [6.45, 7) is 11.2. The van der Waals surface area contributed by atoms with Crippen molar-refractivity contribution in [3.05, 3.63) is 23.8 Å². The minimum atomic E-state index is 0.290. The van der Waals surface area contributed by atoms with Crippen LogP contribution in [0.15, 0.2) is 12.4 Å². The van der Waals surface area contributed by atoms with Gasteiger partial charge in [0.25, 0.3) is 0 Å². The molecule has 0 amide bonds. The summed E-state index contributed by atoms with van der Waals surface area (Å²) in [6, 6.07) is 0.290. The van der Waals surface area contributed by atoms with E-state index in [-0.39, 0.29) is 6.04 Å². The molecule has 1 unspecified atom stereocenters. The van der Waals surface area contributed by atoms with E-state index in [0.29, 0.717) is 0 Å². The van der Waals surface area contributed by atoms with Crippen LogP contribution in [0.1, 0.15) is 44.1 Å². The summed E-state index contributed by atoms with van der Waals surface area (Å²) in [5.74, 6) is 0.808. The number of aromatic nitrogens is 2. The molecule has 1 aliphatic rings. The van der Waals surface area contributed by atoms with E-state index >= 15 is 0 Å². The molecule has 1 aromatic rings. The standard InChI is InChI=1S/C15H26N4/c1-4-19-9-5-14(6-10-19)11-18-13(3)15-12(2)16-7-8-17-15/h7-8,13-14,18H,4-6,9-11H2,1-3H3. The van der Waals surface area contributed by atoms with Crippen molar-refractivity contribution in [3.63, 3.8) is 0 Å². The maximum absolute atomic E-state index is 4.43. The van der Waals surface area contributed by atoms with Crippen LogP contribution in [-0.4, -0.2) is 41.0 Å². The van der Waals surface area contributed by atoms with Gasteiger partial charge in [-0.2, -0.15) is 0 Å². The second kappa shape index (κ2) is 6.96. The molecule has 2 rings (SSSR count). The molecule has 0 saturated carbocycles. The highest BCUT2D eigenvalue weighted by Gasteiger charge is 2.19. The highest BCUT2D eigenvalue weighted by molar-refractivity contribution is 5.12. The zero-order valence-electron chi connectivity index (χ0n) is 12.4. The molecule has 0 bridgehead atoms. The van der Waals surface area contributed by atoms with E-state index in [1.807, 2.05) is 6.92 Å². The monoisotopic (exact) mass is 262 g/mol. The van der Waals surface area contributed by atoms with Crippen molar-refractivity contribution >= 4 is 0 Å². The molecular weight excluding hydrogens is 236 g/mol.